The molecule has 4 heteroatoms. The highest BCUT2D eigenvalue weighted by Crippen LogP contribution is 2.39. The quantitative estimate of drug-likeness (QED) is 0.174. The van der Waals surface area contributed by atoms with Crippen LogP contribution in [0.2, 0.25) is 19.6 Å². The lowest BCUT2D eigenvalue weighted by molar-refractivity contribution is 0.568. The van der Waals surface area contributed by atoms with E-state index >= 15 is 0 Å². The Labute approximate surface area is 285 Å². The number of fused-ring (bicyclic) bond motifs is 9. The van der Waals surface area contributed by atoms with Gasteiger partial charge in [0, 0.05) is 37.8 Å². The summed E-state index contributed by atoms with van der Waals surface area (Å²) < 4.78 is 11.7. The molecular weight excluding hydrogens is 613 g/mol. The number of benzene rings is 6. The number of para-hydroxylation sites is 4. The molecular formula is C45H36N2OSi. The lowest BCUT2D eigenvalue weighted by atomic mass is 10.0. The molecule has 3 aromatic heterocycles. The average Bonchev–Trinajstić information content (AvgIpc) is 3.79. The highest BCUT2D eigenvalue weighted by Gasteiger charge is 2.25. The summed E-state index contributed by atoms with van der Waals surface area (Å²) in [5.74, 6) is 0. The van der Waals surface area contributed by atoms with Gasteiger partial charge in [0.15, 0.2) is 5.58 Å². The monoisotopic (exact) mass is 648 g/mol. The van der Waals surface area contributed by atoms with E-state index < -0.39 is 8.07 Å². The van der Waals surface area contributed by atoms with Gasteiger partial charge in [-0.1, -0.05) is 105 Å². The SMILES string of the molecule is C[Si](C)(C)C1=c2oc3c(-n4c5ccccc5c5cc(-c6ccc7c(c6)c6ccccc6n7-c6ccccc6)ccc54)cccc3c2=CCC1. The molecule has 0 aliphatic heterocycles. The van der Waals surface area contributed by atoms with E-state index in [4.69, 9.17) is 4.42 Å². The number of rotatable bonds is 4. The summed E-state index contributed by atoms with van der Waals surface area (Å²) in [5, 5.41) is 9.06. The zero-order chi connectivity index (χ0) is 32.9. The van der Waals surface area contributed by atoms with Gasteiger partial charge in [-0.25, -0.2) is 0 Å². The predicted molar refractivity (Wildman–Crippen MR) is 210 cm³/mol. The van der Waals surface area contributed by atoms with E-state index in [0.29, 0.717) is 0 Å². The van der Waals surface area contributed by atoms with Crippen LogP contribution in [-0.4, -0.2) is 17.2 Å². The van der Waals surface area contributed by atoms with Crippen molar-refractivity contribution in [1.82, 2.24) is 9.13 Å². The summed E-state index contributed by atoms with van der Waals surface area (Å²) in [4.78, 5) is 0. The number of hydrogen-bond donors (Lipinski definition) is 0. The van der Waals surface area contributed by atoms with Gasteiger partial charge < -0.3 is 13.6 Å². The molecule has 9 aromatic rings. The predicted octanol–water partition coefficient (Wildman–Crippen LogP) is 10.9. The molecule has 0 bridgehead atoms. The van der Waals surface area contributed by atoms with Gasteiger partial charge in [0.05, 0.1) is 35.8 Å². The van der Waals surface area contributed by atoms with Crippen molar-refractivity contribution < 1.29 is 4.42 Å². The highest BCUT2D eigenvalue weighted by atomic mass is 28.3. The Hall–Kier alpha value is -5.58. The molecule has 236 valence electrons. The van der Waals surface area contributed by atoms with Crippen molar-refractivity contribution in [3.63, 3.8) is 0 Å². The van der Waals surface area contributed by atoms with Crippen LogP contribution in [0.15, 0.2) is 138 Å². The van der Waals surface area contributed by atoms with Crippen LogP contribution in [-0.2, 0) is 0 Å². The molecule has 1 aliphatic carbocycles. The minimum Gasteiger partial charge on any atom is -0.454 e. The molecule has 0 N–H and O–H groups in total. The second kappa shape index (κ2) is 10.5. The van der Waals surface area contributed by atoms with Crippen LogP contribution in [0.25, 0.3) is 88.4 Å². The van der Waals surface area contributed by atoms with Gasteiger partial charge in [0.2, 0.25) is 0 Å². The van der Waals surface area contributed by atoms with Gasteiger partial charge in [0.1, 0.15) is 5.42 Å². The fraction of sp³-hybridized carbons (Fsp3) is 0.111. The molecule has 0 unspecified atom stereocenters. The highest BCUT2D eigenvalue weighted by molar-refractivity contribution is 6.92. The van der Waals surface area contributed by atoms with Crippen molar-refractivity contribution in [2.75, 3.05) is 0 Å². The van der Waals surface area contributed by atoms with Crippen LogP contribution in [0.5, 0.6) is 0 Å². The van der Waals surface area contributed by atoms with E-state index in [2.05, 4.69) is 168 Å². The van der Waals surface area contributed by atoms with E-state index in [-0.39, 0.29) is 0 Å². The van der Waals surface area contributed by atoms with Gasteiger partial charge >= 0.3 is 0 Å². The molecule has 49 heavy (non-hydrogen) atoms. The maximum atomic E-state index is 6.93. The van der Waals surface area contributed by atoms with E-state index in [1.165, 1.54) is 71.0 Å². The Balaban J connectivity index is 1.19. The summed E-state index contributed by atoms with van der Waals surface area (Å²) in [6.07, 6.45) is 4.58. The largest absolute Gasteiger partial charge is 0.454 e. The second-order valence-corrected chi connectivity index (χ2v) is 19.6. The van der Waals surface area contributed by atoms with Crippen LogP contribution in [0.4, 0.5) is 0 Å². The van der Waals surface area contributed by atoms with Crippen molar-refractivity contribution >= 4 is 73.9 Å². The van der Waals surface area contributed by atoms with E-state index in [1.54, 1.807) is 5.20 Å². The summed E-state index contributed by atoms with van der Waals surface area (Å²) in [6.45, 7) is 7.32. The minimum absolute atomic E-state index is 0.980. The van der Waals surface area contributed by atoms with Crippen LogP contribution in [0.1, 0.15) is 12.8 Å². The molecule has 1 aliphatic rings. The smallest absolute Gasteiger partial charge is 0.159 e. The zero-order valence-corrected chi connectivity index (χ0v) is 29.0. The maximum absolute atomic E-state index is 6.93. The molecule has 10 rings (SSSR count). The zero-order valence-electron chi connectivity index (χ0n) is 28.0. The molecule has 0 fully saturated rings. The van der Waals surface area contributed by atoms with Gasteiger partial charge in [-0.2, -0.15) is 0 Å². The van der Waals surface area contributed by atoms with Crippen LogP contribution < -0.4 is 10.6 Å². The van der Waals surface area contributed by atoms with Gasteiger partial charge in [-0.3, -0.25) is 0 Å². The Morgan fingerprint density at radius 1 is 0.531 bits per heavy atom. The minimum atomic E-state index is -1.53. The first kappa shape index (κ1) is 28.4. The van der Waals surface area contributed by atoms with E-state index in [0.717, 1.165) is 29.5 Å². The third-order valence-electron chi connectivity index (χ3n) is 10.6. The molecule has 0 saturated heterocycles. The first-order valence-electron chi connectivity index (χ1n) is 17.3. The average molecular weight is 649 g/mol. The Morgan fingerprint density at radius 3 is 1.78 bits per heavy atom. The van der Waals surface area contributed by atoms with Gasteiger partial charge in [-0.05, 0) is 83.8 Å². The van der Waals surface area contributed by atoms with Crippen molar-refractivity contribution in [2.24, 2.45) is 0 Å². The lowest BCUT2D eigenvalue weighted by Crippen LogP contribution is -2.36. The molecule has 0 atom stereocenters. The van der Waals surface area contributed by atoms with Crippen LogP contribution in [0, 0.1) is 0 Å². The summed E-state index contributed by atoms with van der Waals surface area (Å²) in [7, 11) is -1.53. The Bertz CT molecular complexity index is 2920. The Kier molecular flexibility index (Phi) is 6.07. The number of furan rings is 1. The van der Waals surface area contributed by atoms with Crippen LogP contribution in [0.3, 0.4) is 0 Å². The first-order chi connectivity index (χ1) is 24.0. The summed E-state index contributed by atoms with van der Waals surface area (Å²) in [6, 6.07) is 48.8. The Morgan fingerprint density at radius 2 is 1.10 bits per heavy atom. The van der Waals surface area contributed by atoms with Crippen molar-refractivity contribution in [2.45, 2.75) is 32.5 Å². The molecule has 0 spiro atoms. The maximum Gasteiger partial charge on any atom is 0.159 e. The van der Waals surface area contributed by atoms with Crippen LogP contribution >= 0.6 is 0 Å². The number of hydrogen-bond acceptors (Lipinski definition) is 1. The fourth-order valence-electron chi connectivity index (χ4n) is 8.34. The standard InChI is InChI=1S/C45H36N2OSi/c1-49(2,3)43-22-12-18-35-34-17-11-21-42(44(34)48-45(35)43)47-39-20-10-8-16-33(39)37-28-30(24-26-41(37)47)29-23-25-40-36(27-29)32-15-7-9-19-38(32)46(40)31-13-5-4-6-14-31/h4-11,13-21,23-28H,12,22H2,1-3H3. The molecule has 0 radical (unpaired) electrons. The van der Waals surface area contributed by atoms with Crippen molar-refractivity contribution in [1.29, 1.82) is 0 Å². The van der Waals surface area contributed by atoms with E-state index in [9.17, 15) is 0 Å². The molecule has 0 amide bonds. The third kappa shape index (κ3) is 4.20. The molecule has 3 nitrogen and oxygen atoms in total. The van der Waals surface area contributed by atoms with Crippen molar-refractivity contribution in [3.05, 3.63) is 144 Å². The van der Waals surface area contributed by atoms with Crippen molar-refractivity contribution in [3.8, 4) is 22.5 Å². The molecule has 6 aromatic carbocycles. The number of aromatic nitrogens is 2. The van der Waals surface area contributed by atoms with E-state index in [1.807, 2.05) is 0 Å². The fourth-order valence-corrected chi connectivity index (χ4v) is 10.1. The number of nitrogens with zero attached hydrogens (tertiary/aromatic N) is 2. The summed E-state index contributed by atoms with van der Waals surface area (Å²) >= 11 is 0. The van der Waals surface area contributed by atoms with Gasteiger partial charge in [0.25, 0.3) is 0 Å². The second-order valence-electron chi connectivity index (χ2n) is 14.5. The summed E-state index contributed by atoms with van der Waals surface area (Å²) in [5.41, 5.74) is 11.6. The normalized spacial score (nSPS) is 13.6. The third-order valence-corrected chi connectivity index (χ3v) is 12.9. The van der Waals surface area contributed by atoms with Gasteiger partial charge in [-0.15, -0.1) is 0 Å². The lowest BCUT2D eigenvalue weighted by Gasteiger charge is -2.20. The molecule has 0 saturated carbocycles. The first-order valence-corrected chi connectivity index (χ1v) is 20.8. The topological polar surface area (TPSA) is 23.0 Å². The molecule has 3 heterocycles.